The molecule has 2 unspecified atom stereocenters. The first kappa shape index (κ1) is 9.61. The number of hydrogen-bond donors (Lipinski definition) is 1. The summed E-state index contributed by atoms with van der Waals surface area (Å²) in [6.07, 6.45) is 10.4. The van der Waals surface area contributed by atoms with Gasteiger partial charge in [-0.15, -0.1) is 12.3 Å². The van der Waals surface area contributed by atoms with Crippen LogP contribution < -0.4 is 5.32 Å². The summed E-state index contributed by atoms with van der Waals surface area (Å²) in [7, 11) is 0. The van der Waals surface area contributed by atoms with E-state index in [-0.39, 0.29) is 2.85 Å². The molecule has 0 heterocycles. The second-order valence-corrected chi connectivity index (χ2v) is 4.05. The van der Waals surface area contributed by atoms with Crippen LogP contribution in [0.1, 0.15) is 42.4 Å². The molecule has 0 aromatic rings. The van der Waals surface area contributed by atoms with Gasteiger partial charge in [0, 0.05) is 20.9 Å². The molecule has 1 saturated carbocycles. The zero-order valence-electron chi connectivity index (χ0n) is 9.14. The highest BCUT2D eigenvalue weighted by molar-refractivity contribution is 4.97. The SMILES string of the molecule is C#CC1CCCC(NC(C)C)C1.[HH].[H]. The van der Waals surface area contributed by atoms with Gasteiger partial charge in [-0.2, -0.15) is 0 Å². The molecule has 1 N–H and O–H groups in total. The largest absolute Gasteiger partial charge is 0.312 e. The van der Waals surface area contributed by atoms with Gasteiger partial charge in [-0.3, -0.25) is 0 Å². The highest BCUT2D eigenvalue weighted by atomic mass is 14.9. The molecule has 2 atom stereocenters. The molecule has 0 bridgehead atoms. The maximum Gasteiger partial charge on any atom is 0.0215 e. The maximum atomic E-state index is 5.42. The quantitative estimate of drug-likeness (QED) is 0.625. The fourth-order valence-corrected chi connectivity index (χ4v) is 1.96. The lowest BCUT2D eigenvalue weighted by molar-refractivity contribution is 0.314. The first-order chi connectivity index (χ1) is 5.72. The van der Waals surface area contributed by atoms with Crippen molar-refractivity contribution in [1.29, 1.82) is 0 Å². The van der Waals surface area contributed by atoms with Crippen molar-refractivity contribution in [1.82, 2.24) is 5.32 Å². The van der Waals surface area contributed by atoms with Crippen LogP contribution in [0.2, 0.25) is 0 Å². The Morgan fingerprint density at radius 1 is 1.58 bits per heavy atom. The molecule has 1 aliphatic carbocycles. The third-order valence-corrected chi connectivity index (χ3v) is 2.48. The van der Waals surface area contributed by atoms with Crippen molar-refractivity contribution < 1.29 is 2.85 Å². The molecule has 1 aliphatic rings. The predicted molar refractivity (Wildman–Crippen MR) is 56.1 cm³/mol. The van der Waals surface area contributed by atoms with Gasteiger partial charge in [0.2, 0.25) is 0 Å². The van der Waals surface area contributed by atoms with Crippen molar-refractivity contribution in [2.45, 2.75) is 51.6 Å². The standard InChI is InChI=1S/C11H19N.H2.H/c1-4-10-6-5-7-11(8-10)12-9(2)3;;/h1,9-12H,5-8H2,2-3H3;1H;. The van der Waals surface area contributed by atoms with Gasteiger partial charge in [0.15, 0.2) is 0 Å². The van der Waals surface area contributed by atoms with Crippen LogP contribution >= 0.6 is 0 Å². The Kier molecular flexibility index (Phi) is 3.62. The van der Waals surface area contributed by atoms with Crippen LogP contribution in [-0.4, -0.2) is 12.1 Å². The smallest absolute Gasteiger partial charge is 0.0215 e. The van der Waals surface area contributed by atoms with Crippen molar-refractivity contribution in [2.75, 3.05) is 0 Å². The molecular weight excluding hydrogens is 146 g/mol. The van der Waals surface area contributed by atoms with E-state index >= 15 is 0 Å². The van der Waals surface area contributed by atoms with Crippen LogP contribution in [0, 0.1) is 18.3 Å². The van der Waals surface area contributed by atoms with E-state index in [4.69, 9.17) is 6.42 Å². The Bertz CT molecular complexity index is 175. The fraction of sp³-hybridized carbons (Fsp3) is 0.818. The zero-order valence-corrected chi connectivity index (χ0v) is 8.14. The highest BCUT2D eigenvalue weighted by Crippen LogP contribution is 2.23. The molecule has 0 aromatic heterocycles. The van der Waals surface area contributed by atoms with E-state index < -0.39 is 0 Å². The molecule has 1 rings (SSSR count). The summed E-state index contributed by atoms with van der Waals surface area (Å²) in [6.45, 7) is 4.39. The molecule has 0 saturated heterocycles. The van der Waals surface area contributed by atoms with Crippen LogP contribution in [0.4, 0.5) is 0 Å². The molecule has 0 aliphatic heterocycles. The first-order valence-electron chi connectivity index (χ1n) is 4.94. The lowest BCUT2D eigenvalue weighted by Crippen LogP contribution is -2.38. The minimum Gasteiger partial charge on any atom is -0.312 e. The van der Waals surface area contributed by atoms with Gasteiger partial charge >= 0.3 is 0 Å². The van der Waals surface area contributed by atoms with Crippen molar-refractivity contribution in [3.63, 3.8) is 0 Å². The van der Waals surface area contributed by atoms with Gasteiger partial charge in [-0.1, -0.05) is 20.3 Å². The summed E-state index contributed by atoms with van der Waals surface area (Å²) < 4.78 is 0. The molecule has 1 fully saturated rings. The minimum atomic E-state index is 0. The molecule has 12 heavy (non-hydrogen) atoms. The molecule has 1 nitrogen and oxygen atoms in total. The summed E-state index contributed by atoms with van der Waals surface area (Å²) >= 11 is 0. The van der Waals surface area contributed by atoms with E-state index in [1.54, 1.807) is 0 Å². The van der Waals surface area contributed by atoms with E-state index in [0.717, 1.165) is 0 Å². The molecule has 1 radical (unpaired) electrons. The molecule has 0 amide bonds. The van der Waals surface area contributed by atoms with Gasteiger partial charge in [0.1, 0.15) is 0 Å². The Labute approximate surface area is 78.9 Å². The van der Waals surface area contributed by atoms with E-state index in [2.05, 4.69) is 25.1 Å². The van der Waals surface area contributed by atoms with E-state index in [1.807, 2.05) is 0 Å². The Hall–Kier alpha value is -0.480. The minimum absolute atomic E-state index is 0. The highest BCUT2D eigenvalue weighted by Gasteiger charge is 2.20. The number of nitrogens with one attached hydrogen (secondary N) is 1. The van der Waals surface area contributed by atoms with Crippen molar-refractivity contribution in [2.24, 2.45) is 5.92 Å². The third-order valence-electron chi connectivity index (χ3n) is 2.48. The van der Waals surface area contributed by atoms with Crippen molar-refractivity contribution in [3.05, 3.63) is 0 Å². The van der Waals surface area contributed by atoms with Crippen LogP contribution in [0.15, 0.2) is 0 Å². The third kappa shape index (κ3) is 2.87. The monoisotopic (exact) mass is 168 g/mol. The van der Waals surface area contributed by atoms with Crippen LogP contribution in [0.25, 0.3) is 0 Å². The topological polar surface area (TPSA) is 12.0 Å². The fourth-order valence-electron chi connectivity index (χ4n) is 1.96. The Morgan fingerprint density at radius 3 is 2.92 bits per heavy atom. The van der Waals surface area contributed by atoms with E-state index in [0.29, 0.717) is 18.0 Å². The molecule has 1 heteroatoms. The van der Waals surface area contributed by atoms with E-state index in [9.17, 15) is 0 Å². The second kappa shape index (κ2) is 4.52. The summed E-state index contributed by atoms with van der Waals surface area (Å²) in [5.41, 5.74) is 0. The predicted octanol–water partition coefficient (Wildman–Crippen LogP) is 2.53. The molecule has 0 spiro atoms. The summed E-state index contributed by atoms with van der Waals surface area (Å²) in [5.74, 6) is 3.39. The maximum absolute atomic E-state index is 5.42. The average Bonchev–Trinajstić information content (AvgIpc) is 2.03. The summed E-state index contributed by atoms with van der Waals surface area (Å²) in [5, 5.41) is 3.55. The normalized spacial score (nSPS) is 30.2. The van der Waals surface area contributed by atoms with Crippen molar-refractivity contribution >= 4 is 0 Å². The Balaban J connectivity index is 0. The van der Waals surface area contributed by atoms with Gasteiger partial charge < -0.3 is 5.32 Å². The van der Waals surface area contributed by atoms with Gasteiger partial charge in [-0.25, -0.2) is 0 Å². The molecule has 0 aromatic carbocycles. The average molecular weight is 168 g/mol. The summed E-state index contributed by atoms with van der Waals surface area (Å²) in [6, 6.07) is 1.26. The molecule has 71 valence electrons. The van der Waals surface area contributed by atoms with Gasteiger partial charge in [0.25, 0.3) is 0 Å². The van der Waals surface area contributed by atoms with Crippen LogP contribution in [0.3, 0.4) is 0 Å². The first-order valence-corrected chi connectivity index (χ1v) is 4.94. The lowest BCUT2D eigenvalue weighted by atomic mass is 9.86. The summed E-state index contributed by atoms with van der Waals surface area (Å²) in [4.78, 5) is 0. The van der Waals surface area contributed by atoms with Crippen molar-refractivity contribution in [3.8, 4) is 12.3 Å². The van der Waals surface area contributed by atoms with Crippen LogP contribution in [-0.2, 0) is 0 Å². The Morgan fingerprint density at radius 2 is 2.33 bits per heavy atom. The second-order valence-electron chi connectivity index (χ2n) is 4.05. The lowest BCUT2D eigenvalue weighted by Gasteiger charge is -2.28. The number of terminal acetylenes is 1. The molecular formula is C11H22N. The van der Waals surface area contributed by atoms with Gasteiger partial charge in [-0.05, 0) is 19.3 Å². The zero-order chi connectivity index (χ0) is 8.97. The number of hydrogen-bond acceptors (Lipinski definition) is 1. The van der Waals surface area contributed by atoms with Crippen LogP contribution in [0.5, 0.6) is 0 Å². The van der Waals surface area contributed by atoms with E-state index in [1.165, 1.54) is 25.7 Å². The van der Waals surface area contributed by atoms with Gasteiger partial charge in [0.05, 0.1) is 0 Å². The number of rotatable bonds is 2.